The third-order valence-electron chi connectivity index (χ3n) is 1.65. The fraction of sp³-hybridized carbons (Fsp3) is 0.875. The Hall–Kier alpha value is -0.660. The second kappa shape index (κ2) is 9.88. The van der Waals surface area contributed by atoms with E-state index in [2.05, 4.69) is 15.7 Å². The van der Waals surface area contributed by atoms with E-state index < -0.39 is 10.8 Å². The van der Waals surface area contributed by atoms with Gasteiger partial charge in [-0.1, -0.05) is 6.92 Å². The fourth-order valence-corrected chi connectivity index (χ4v) is 1.45. The molecule has 0 aromatic carbocycles. The zero-order chi connectivity index (χ0) is 11.5. The molecule has 7 heteroatoms. The predicted octanol–water partition coefficient (Wildman–Crippen LogP) is -1.19. The monoisotopic (exact) mass is 236 g/mol. The van der Waals surface area contributed by atoms with E-state index in [0.717, 1.165) is 0 Å². The van der Waals surface area contributed by atoms with Crippen molar-refractivity contribution < 1.29 is 8.95 Å². The molecule has 0 spiro atoms. The summed E-state index contributed by atoms with van der Waals surface area (Å²) in [5.74, 6) is 7.02. The summed E-state index contributed by atoms with van der Waals surface area (Å²) in [4.78, 5) is 4.10. The normalized spacial score (nSPS) is 13.7. The quantitative estimate of drug-likeness (QED) is 0.170. The van der Waals surface area contributed by atoms with Crippen LogP contribution in [-0.4, -0.2) is 48.5 Å². The van der Waals surface area contributed by atoms with Gasteiger partial charge in [-0.15, -0.1) is 0 Å². The van der Waals surface area contributed by atoms with Crippen molar-refractivity contribution >= 4 is 16.8 Å². The van der Waals surface area contributed by atoms with Crippen molar-refractivity contribution in [2.24, 2.45) is 10.8 Å². The Morgan fingerprint density at radius 3 is 2.87 bits per heavy atom. The van der Waals surface area contributed by atoms with Gasteiger partial charge in [0.05, 0.1) is 13.2 Å². The standard InChI is InChI=1S/C8H20N4O2S/c1-3-15(13)7-5-11-8(12-9)10-4-6-14-2/h3-7,9H2,1-2H3,(H2,10,11,12). The van der Waals surface area contributed by atoms with E-state index >= 15 is 0 Å². The van der Waals surface area contributed by atoms with Crippen molar-refractivity contribution in [2.75, 3.05) is 38.3 Å². The van der Waals surface area contributed by atoms with Gasteiger partial charge in [0, 0.05) is 36.0 Å². The van der Waals surface area contributed by atoms with E-state index in [-0.39, 0.29) is 0 Å². The molecule has 0 saturated carbocycles. The second-order valence-electron chi connectivity index (χ2n) is 2.73. The van der Waals surface area contributed by atoms with Gasteiger partial charge in [0.2, 0.25) is 5.96 Å². The van der Waals surface area contributed by atoms with E-state index in [1.165, 1.54) is 0 Å². The number of guanidine groups is 1. The molecule has 0 aliphatic carbocycles. The molecule has 0 aromatic heterocycles. The molecule has 1 unspecified atom stereocenters. The maximum absolute atomic E-state index is 11.1. The number of aliphatic imine (C=N–C) groups is 1. The molecule has 4 N–H and O–H groups in total. The highest BCUT2D eigenvalue weighted by atomic mass is 32.2. The van der Waals surface area contributed by atoms with Crippen LogP contribution in [0.15, 0.2) is 4.99 Å². The van der Waals surface area contributed by atoms with Crippen LogP contribution in [0.2, 0.25) is 0 Å². The summed E-state index contributed by atoms with van der Waals surface area (Å²) in [6.45, 7) is 3.58. The highest BCUT2D eigenvalue weighted by Gasteiger charge is 1.97. The number of hydrogen-bond donors (Lipinski definition) is 3. The van der Waals surface area contributed by atoms with Gasteiger partial charge in [0.15, 0.2) is 0 Å². The molecule has 90 valence electrons. The number of nitrogens with two attached hydrogens (primary N) is 1. The summed E-state index contributed by atoms with van der Waals surface area (Å²) >= 11 is 0. The van der Waals surface area contributed by atoms with Crippen molar-refractivity contribution in [3.8, 4) is 0 Å². The van der Waals surface area contributed by atoms with Crippen LogP contribution in [-0.2, 0) is 15.5 Å². The lowest BCUT2D eigenvalue weighted by molar-refractivity contribution is 0.208. The largest absolute Gasteiger partial charge is 0.383 e. The summed E-state index contributed by atoms with van der Waals surface area (Å²) in [5, 5.41) is 2.96. The number of hydrogen-bond acceptors (Lipinski definition) is 4. The Bertz CT molecular complexity index is 211. The topological polar surface area (TPSA) is 88.7 Å². The predicted molar refractivity (Wildman–Crippen MR) is 63.1 cm³/mol. The molecule has 1 atom stereocenters. The third kappa shape index (κ3) is 8.34. The van der Waals surface area contributed by atoms with E-state index in [1.54, 1.807) is 7.11 Å². The molecule has 0 amide bonds. The highest BCUT2D eigenvalue weighted by Crippen LogP contribution is 1.79. The first-order chi connectivity index (χ1) is 7.24. The van der Waals surface area contributed by atoms with Crippen molar-refractivity contribution in [2.45, 2.75) is 6.92 Å². The zero-order valence-electron chi connectivity index (χ0n) is 9.28. The summed E-state index contributed by atoms with van der Waals surface area (Å²) < 4.78 is 15.9. The molecule has 0 saturated heterocycles. The first-order valence-electron chi connectivity index (χ1n) is 4.83. The van der Waals surface area contributed by atoms with Crippen molar-refractivity contribution in [3.05, 3.63) is 0 Å². The number of hydrazine groups is 1. The molecular weight excluding hydrogens is 216 g/mol. The molecule has 0 fully saturated rings. The minimum atomic E-state index is -0.764. The molecule has 0 radical (unpaired) electrons. The molecule has 0 aromatic rings. The maximum Gasteiger partial charge on any atom is 0.205 e. The van der Waals surface area contributed by atoms with Gasteiger partial charge in [-0.25, -0.2) is 10.8 Å². The average Bonchev–Trinajstić information content (AvgIpc) is 2.26. The molecule has 15 heavy (non-hydrogen) atoms. The van der Waals surface area contributed by atoms with Crippen molar-refractivity contribution in [1.82, 2.24) is 10.7 Å². The number of nitrogens with zero attached hydrogens (tertiary/aromatic N) is 1. The van der Waals surface area contributed by atoms with Crippen LogP contribution in [0, 0.1) is 0 Å². The Balaban J connectivity index is 3.69. The summed E-state index contributed by atoms with van der Waals surface area (Å²) in [6, 6.07) is 0. The minimum Gasteiger partial charge on any atom is -0.383 e. The molecule has 0 aliphatic heterocycles. The number of ether oxygens (including phenoxy) is 1. The van der Waals surface area contributed by atoms with Crippen LogP contribution < -0.4 is 16.6 Å². The number of nitrogens with one attached hydrogen (secondary N) is 2. The van der Waals surface area contributed by atoms with Crippen LogP contribution in [0.4, 0.5) is 0 Å². The third-order valence-corrected chi connectivity index (χ3v) is 2.95. The van der Waals surface area contributed by atoms with E-state index in [4.69, 9.17) is 10.6 Å². The number of methoxy groups -OCH3 is 1. The van der Waals surface area contributed by atoms with Crippen LogP contribution in [0.25, 0.3) is 0 Å². The van der Waals surface area contributed by atoms with Gasteiger partial charge >= 0.3 is 0 Å². The maximum atomic E-state index is 11.1. The van der Waals surface area contributed by atoms with Crippen molar-refractivity contribution in [1.29, 1.82) is 0 Å². The SMILES string of the molecule is CCS(=O)CCNC(=NCCOC)NN. The lowest BCUT2D eigenvalue weighted by Crippen LogP contribution is -2.43. The van der Waals surface area contributed by atoms with Crippen LogP contribution in [0.5, 0.6) is 0 Å². The Morgan fingerprint density at radius 1 is 1.60 bits per heavy atom. The first kappa shape index (κ1) is 14.3. The minimum absolute atomic E-state index is 0.500. The fourth-order valence-electron chi connectivity index (χ4n) is 0.829. The molecule has 0 rings (SSSR count). The Kier molecular flexibility index (Phi) is 9.44. The summed E-state index contributed by atoms with van der Waals surface area (Å²) in [5.41, 5.74) is 2.44. The van der Waals surface area contributed by atoms with Gasteiger partial charge in [-0.2, -0.15) is 0 Å². The van der Waals surface area contributed by atoms with Gasteiger partial charge in [0.1, 0.15) is 0 Å². The lowest BCUT2D eigenvalue weighted by Gasteiger charge is -2.08. The average molecular weight is 236 g/mol. The van der Waals surface area contributed by atoms with E-state index in [9.17, 15) is 4.21 Å². The van der Waals surface area contributed by atoms with Crippen LogP contribution >= 0.6 is 0 Å². The van der Waals surface area contributed by atoms with Gasteiger partial charge in [-0.3, -0.25) is 9.63 Å². The molecule has 0 aliphatic rings. The van der Waals surface area contributed by atoms with Crippen LogP contribution in [0.1, 0.15) is 6.92 Å². The Labute approximate surface area is 93.1 Å². The van der Waals surface area contributed by atoms with Gasteiger partial charge in [0.25, 0.3) is 0 Å². The molecule has 6 nitrogen and oxygen atoms in total. The molecular formula is C8H20N4O2S. The van der Waals surface area contributed by atoms with Crippen LogP contribution in [0.3, 0.4) is 0 Å². The van der Waals surface area contributed by atoms with Gasteiger partial charge in [-0.05, 0) is 0 Å². The lowest BCUT2D eigenvalue weighted by atomic mass is 10.7. The summed E-state index contributed by atoms with van der Waals surface area (Å²) in [6.07, 6.45) is 0. The number of rotatable bonds is 7. The van der Waals surface area contributed by atoms with E-state index in [1.807, 2.05) is 6.92 Å². The smallest absolute Gasteiger partial charge is 0.205 e. The first-order valence-corrected chi connectivity index (χ1v) is 6.32. The molecule has 0 bridgehead atoms. The summed E-state index contributed by atoms with van der Waals surface area (Å²) in [7, 11) is 0.850. The zero-order valence-corrected chi connectivity index (χ0v) is 10.1. The Morgan fingerprint density at radius 2 is 2.33 bits per heavy atom. The highest BCUT2D eigenvalue weighted by molar-refractivity contribution is 7.84. The second-order valence-corrected chi connectivity index (χ2v) is 4.59. The van der Waals surface area contributed by atoms with E-state index in [0.29, 0.717) is 37.2 Å². The molecule has 0 heterocycles. The van der Waals surface area contributed by atoms with Gasteiger partial charge < -0.3 is 10.1 Å². The van der Waals surface area contributed by atoms with Crippen molar-refractivity contribution in [3.63, 3.8) is 0 Å².